The highest BCUT2D eigenvalue weighted by Gasteiger charge is 2.08. The van der Waals surface area contributed by atoms with Crippen LogP contribution in [-0.2, 0) is 10.1 Å². The van der Waals surface area contributed by atoms with Gasteiger partial charge in [-0.05, 0) is 12.1 Å². The van der Waals surface area contributed by atoms with Crippen LogP contribution in [-0.4, -0.2) is 26.1 Å². The van der Waals surface area contributed by atoms with Crippen molar-refractivity contribution in [2.45, 2.75) is 4.90 Å². The molecule has 0 bridgehead atoms. The highest BCUT2D eigenvalue weighted by Crippen LogP contribution is 2.28. The Bertz CT molecular complexity index is 668. The second-order valence-corrected chi connectivity index (χ2v) is 5.17. The minimum atomic E-state index is -4.47. The highest BCUT2D eigenvalue weighted by atomic mass is 32.2. The predicted molar refractivity (Wildman–Crippen MR) is 69.5 cm³/mol. The van der Waals surface area contributed by atoms with Crippen LogP contribution in [0.15, 0.2) is 41.3 Å². The van der Waals surface area contributed by atoms with E-state index in [-0.39, 0.29) is 4.90 Å². The van der Waals surface area contributed by atoms with Crippen molar-refractivity contribution >= 4 is 26.6 Å². The standard InChI is InChI=1S/C12H14N2O3S/c13-7-8-14-11-5-1-4-10-9(11)3-2-6-12(10)18(15,16)17/h1-6,14H,7-8,13H2,(H,15,16,17)/p-1. The lowest BCUT2D eigenvalue weighted by Gasteiger charge is -2.13. The van der Waals surface area contributed by atoms with Crippen molar-refractivity contribution in [3.63, 3.8) is 0 Å². The van der Waals surface area contributed by atoms with Gasteiger partial charge in [0.15, 0.2) is 0 Å². The zero-order valence-electron chi connectivity index (χ0n) is 9.59. The minimum absolute atomic E-state index is 0.198. The number of hydrogen-bond acceptors (Lipinski definition) is 5. The summed E-state index contributed by atoms with van der Waals surface area (Å²) in [5, 5.41) is 4.22. The summed E-state index contributed by atoms with van der Waals surface area (Å²) in [5.41, 5.74) is 6.18. The number of fused-ring (bicyclic) bond motifs is 1. The summed E-state index contributed by atoms with van der Waals surface area (Å²) in [4.78, 5) is -0.198. The van der Waals surface area contributed by atoms with Crippen LogP contribution in [0.2, 0.25) is 0 Å². The van der Waals surface area contributed by atoms with E-state index in [1.807, 2.05) is 6.07 Å². The number of benzene rings is 2. The van der Waals surface area contributed by atoms with E-state index in [0.717, 1.165) is 5.69 Å². The quantitative estimate of drug-likeness (QED) is 0.807. The zero-order chi connectivity index (χ0) is 13.2. The summed E-state index contributed by atoms with van der Waals surface area (Å²) in [5.74, 6) is 0. The molecule has 5 nitrogen and oxygen atoms in total. The normalized spacial score (nSPS) is 11.7. The lowest BCUT2D eigenvalue weighted by molar-refractivity contribution is 0.464. The Kier molecular flexibility index (Phi) is 3.51. The molecular formula is C12H13N2O3S-. The summed E-state index contributed by atoms with van der Waals surface area (Å²) in [6, 6.07) is 9.78. The number of rotatable bonds is 4. The van der Waals surface area contributed by atoms with Crippen LogP contribution < -0.4 is 11.1 Å². The topological polar surface area (TPSA) is 95.2 Å². The SMILES string of the molecule is NCCNc1cccc2c(S(=O)(=O)[O-])cccc12. The Labute approximate surface area is 105 Å². The first-order chi connectivity index (χ1) is 8.54. The Balaban J connectivity index is 2.66. The van der Waals surface area contributed by atoms with Crippen molar-refractivity contribution in [3.8, 4) is 0 Å². The number of nitrogens with one attached hydrogen (secondary N) is 1. The Morgan fingerprint density at radius 1 is 1.11 bits per heavy atom. The molecule has 0 unspecified atom stereocenters. The molecule has 0 spiro atoms. The van der Waals surface area contributed by atoms with Gasteiger partial charge in [0, 0.05) is 29.5 Å². The zero-order valence-corrected chi connectivity index (χ0v) is 10.4. The van der Waals surface area contributed by atoms with E-state index in [2.05, 4.69) is 5.32 Å². The second-order valence-electron chi connectivity index (χ2n) is 3.83. The summed E-state index contributed by atoms with van der Waals surface area (Å²) in [6.07, 6.45) is 0. The highest BCUT2D eigenvalue weighted by molar-refractivity contribution is 7.86. The van der Waals surface area contributed by atoms with Gasteiger partial charge in [-0.2, -0.15) is 0 Å². The maximum Gasteiger partial charge on any atom is 0.125 e. The fraction of sp³-hybridized carbons (Fsp3) is 0.167. The third-order valence-corrected chi connectivity index (χ3v) is 3.51. The van der Waals surface area contributed by atoms with Gasteiger partial charge < -0.3 is 15.6 Å². The second kappa shape index (κ2) is 4.93. The van der Waals surface area contributed by atoms with E-state index in [4.69, 9.17) is 5.73 Å². The Morgan fingerprint density at radius 3 is 2.44 bits per heavy atom. The molecule has 6 heteroatoms. The Hall–Kier alpha value is -1.63. The first kappa shape index (κ1) is 12.8. The average Bonchev–Trinajstić information content (AvgIpc) is 2.34. The smallest absolute Gasteiger partial charge is 0.125 e. The van der Waals surface area contributed by atoms with E-state index in [0.29, 0.717) is 23.9 Å². The molecule has 0 radical (unpaired) electrons. The maximum absolute atomic E-state index is 11.2. The lowest BCUT2D eigenvalue weighted by Crippen LogP contribution is -2.13. The summed E-state index contributed by atoms with van der Waals surface area (Å²) >= 11 is 0. The van der Waals surface area contributed by atoms with Crippen LogP contribution in [0.3, 0.4) is 0 Å². The fourth-order valence-corrected chi connectivity index (χ4v) is 2.55. The van der Waals surface area contributed by atoms with Gasteiger partial charge in [-0.25, -0.2) is 8.42 Å². The average molecular weight is 265 g/mol. The summed E-state index contributed by atoms with van der Waals surface area (Å²) < 4.78 is 33.5. The Morgan fingerprint density at radius 2 is 1.78 bits per heavy atom. The van der Waals surface area contributed by atoms with Gasteiger partial charge in [0.2, 0.25) is 0 Å². The predicted octanol–water partition coefficient (Wildman–Crippen LogP) is 1.11. The first-order valence-corrected chi connectivity index (χ1v) is 6.86. The molecule has 0 saturated heterocycles. The third kappa shape index (κ3) is 2.45. The minimum Gasteiger partial charge on any atom is -0.744 e. The molecular weight excluding hydrogens is 252 g/mol. The van der Waals surface area contributed by atoms with Crippen molar-refractivity contribution in [3.05, 3.63) is 36.4 Å². The van der Waals surface area contributed by atoms with Crippen LogP contribution in [0.5, 0.6) is 0 Å². The van der Waals surface area contributed by atoms with Crippen LogP contribution >= 0.6 is 0 Å². The van der Waals surface area contributed by atoms with Gasteiger partial charge >= 0.3 is 0 Å². The van der Waals surface area contributed by atoms with Gasteiger partial charge in [-0.1, -0.05) is 24.3 Å². The molecule has 0 aliphatic carbocycles. The molecule has 0 heterocycles. The molecule has 0 saturated carbocycles. The first-order valence-electron chi connectivity index (χ1n) is 5.45. The van der Waals surface area contributed by atoms with E-state index < -0.39 is 10.1 Å². The van der Waals surface area contributed by atoms with E-state index in [1.165, 1.54) is 6.07 Å². The van der Waals surface area contributed by atoms with Crippen molar-refractivity contribution in [2.75, 3.05) is 18.4 Å². The van der Waals surface area contributed by atoms with Crippen molar-refractivity contribution < 1.29 is 13.0 Å². The molecule has 0 amide bonds. The van der Waals surface area contributed by atoms with E-state index in [9.17, 15) is 13.0 Å². The summed E-state index contributed by atoms with van der Waals surface area (Å²) in [6.45, 7) is 1.05. The third-order valence-electron chi connectivity index (χ3n) is 2.61. The molecule has 96 valence electrons. The largest absolute Gasteiger partial charge is 0.744 e. The van der Waals surface area contributed by atoms with Gasteiger partial charge in [-0.15, -0.1) is 0 Å². The molecule has 0 fully saturated rings. The van der Waals surface area contributed by atoms with Crippen LogP contribution in [0.4, 0.5) is 5.69 Å². The number of anilines is 1. The molecule has 0 aromatic heterocycles. The van der Waals surface area contributed by atoms with Crippen molar-refractivity contribution in [1.29, 1.82) is 0 Å². The molecule has 0 aliphatic rings. The fourth-order valence-electron chi connectivity index (χ4n) is 1.86. The van der Waals surface area contributed by atoms with Gasteiger partial charge in [0.25, 0.3) is 0 Å². The number of nitrogens with two attached hydrogens (primary N) is 1. The number of hydrogen-bond donors (Lipinski definition) is 2. The molecule has 18 heavy (non-hydrogen) atoms. The molecule has 2 aromatic rings. The van der Waals surface area contributed by atoms with Crippen molar-refractivity contribution in [1.82, 2.24) is 0 Å². The monoisotopic (exact) mass is 265 g/mol. The van der Waals surface area contributed by atoms with Crippen LogP contribution in [0.25, 0.3) is 10.8 Å². The molecule has 3 N–H and O–H groups in total. The van der Waals surface area contributed by atoms with Gasteiger partial charge in [0.1, 0.15) is 10.1 Å². The van der Waals surface area contributed by atoms with Gasteiger partial charge in [-0.3, -0.25) is 0 Å². The lowest BCUT2D eigenvalue weighted by atomic mass is 10.1. The van der Waals surface area contributed by atoms with E-state index >= 15 is 0 Å². The van der Waals surface area contributed by atoms with Crippen LogP contribution in [0, 0.1) is 0 Å². The van der Waals surface area contributed by atoms with Gasteiger partial charge in [0.05, 0.1) is 4.90 Å². The molecule has 0 atom stereocenters. The maximum atomic E-state index is 11.2. The van der Waals surface area contributed by atoms with E-state index in [1.54, 1.807) is 24.3 Å². The molecule has 0 aliphatic heterocycles. The van der Waals surface area contributed by atoms with Crippen LogP contribution in [0.1, 0.15) is 0 Å². The molecule has 2 aromatic carbocycles. The summed E-state index contributed by atoms with van der Waals surface area (Å²) in [7, 11) is -4.47. The molecule has 2 rings (SSSR count). The van der Waals surface area contributed by atoms with Crippen molar-refractivity contribution in [2.24, 2.45) is 5.73 Å².